The third-order valence-corrected chi connectivity index (χ3v) is 4.67. The highest BCUT2D eigenvalue weighted by Gasteiger charge is 2.23. The standard InChI is InChI=1S/C17H26ClN3O2/c1-3-15(12-22)21-8-6-20(7-9-21)11-17(23)19-16-5-4-14(18)10-13(16)2/h4-5,10,15,22H,3,6-9,11-12H2,1-2H3,(H,19,23). The molecule has 1 aliphatic rings. The Kier molecular flexibility index (Phi) is 6.84. The molecule has 0 spiro atoms. The van der Waals surface area contributed by atoms with Crippen LogP contribution in [0.25, 0.3) is 0 Å². The lowest BCUT2D eigenvalue weighted by Crippen LogP contribution is -2.52. The predicted octanol–water partition coefficient (Wildman–Crippen LogP) is 1.98. The first-order valence-corrected chi connectivity index (χ1v) is 8.54. The maximum absolute atomic E-state index is 12.2. The minimum atomic E-state index is -0.00179. The van der Waals surface area contributed by atoms with Crippen LogP contribution >= 0.6 is 11.6 Å². The van der Waals surface area contributed by atoms with Crippen LogP contribution in [0.5, 0.6) is 0 Å². The van der Waals surface area contributed by atoms with Crippen molar-refractivity contribution in [2.45, 2.75) is 26.3 Å². The zero-order valence-corrected chi connectivity index (χ0v) is 14.6. The molecule has 2 N–H and O–H groups in total. The number of benzene rings is 1. The van der Waals surface area contributed by atoms with Crippen LogP contribution < -0.4 is 5.32 Å². The number of aliphatic hydroxyl groups excluding tert-OH is 1. The van der Waals surface area contributed by atoms with Crippen molar-refractivity contribution in [3.63, 3.8) is 0 Å². The van der Waals surface area contributed by atoms with Crippen molar-refractivity contribution >= 4 is 23.2 Å². The molecule has 0 bridgehead atoms. The molecular weight excluding hydrogens is 314 g/mol. The summed E-state index contributed by atoms with van der Waals surface area (Å²) in [6.45, 7) is 8.11. The van der Waals surface area contributed by atoms with Crippen LogP contribution in [-0.4, -0.2) is 66.2 Å². The molecule has 1 aromatic rings. The topological polar surface area (TPSA) is 55.8 Å². The highest BCUT2D eigenvalue weighted by atomic mass is 35.5. The molecule has 6 heteroatoms. The number of hydrogen-bond donors (Lipinski definition) is 2. The quantitative estimate of drug-likeness (QED) is 0.832. The molecule has 5 nitrogen and oxygen atoms in total. The zero-order valence-electron chi connectivity index (χ0n) is 13.9. The molecule has 1 aliphatic heterocycles. The highest BCUT2D eigenvalue weighted by Crippen LogP contribution is 2.19. The summed E-state index contributed by atoms with van der Waals surface area (Å²) in [7, 11) is 0. The monoisotopic (exact) mass is 339 g/mol. The number of nitrogens with one attached hydrogen (secondary N) is 1. The second kappa shape index (κ2) is 8.64. The van der Waals surface area contributed by atoms with Gasteiger partial charge in [-0.1, -0.05) is 18.5 Å². The number of hydrogen-bond acceptors (Lipinski definition) is 4. The third-order valence-electron chi connectivity index (χ3n) is 4.44. The Balaban J connectivity index is 1.81. The Bertz CT molecular complexity index is 527. The Morgan fingerprint density at radius 1 is 1.35 bits per heavy atom. The van der Waals surface area contributed by atoms with Crippen molar-refractivity contribution in [1.82, 2.24) is 9.80 Å². The fourth-order valence-corrected chi connectivity index (χ4v) is 3.18. The summed E-state index contributed by atoms with van der Waals surface area (Å²) in [6.07, 6.45) is 0.951. The second-order valence-corrected chi connectivity index (χ2v) is 6.50. The summed E-state index contributed by atoms with van der Waals surface area (Å²) in [5, 5.41) is 13.0. The van der Waals surface area contributed by atoms with E-state index in [4.69, 9.17) is 11.6 Å². The van der Waals surface area contributed by atoms with Crippen LogP contribution in [0, 0.1) is 6.92 Å². The highest BCUT2D eigenvalue weighted by molar-refractivity contribution is 6.30. The molecule has 1 atom stereocenters. The lowest BCUT2D eigenvalue weighted by Gasteiger charge is -2.38. The summed E-state index contributed by atoms with van der Waals surface area (Å²) < 4.78 is 0. The number of nitrogens with zero attached hydrogens (tertiary/aromatic N) is 2. The van der Waals surface area contributed by atoms with E-state index in [-0.39, 0.29) is 18.6 Å². The number of aryl methyl sites for hydroxylation is 1. The maximum Gasteiger partial charge on any atom is 0.238 e. The molecular formula is C17H26ClN3O2. The minimum absolute atomic E-state index is 0.00179. The molecule has 2 rings (SSSR count). The molecule has 1 saturated heterocycles. The van der Waals surface area contributed by atoms with Crippen LogP contribution in [0.15, 0.2) is 18.2 Å². The van der Waals surface area contributed by atoms with E-state index in [1.165, 1.54) is 0 Å². The van der Waals surface area contributed by atoms with Gasteiger partial charge in [-0.2, -0.15) is 0 Å². The molecule has 1 unspecified atom stereocenters. The fourth-order valence-electron chi connectivity index (χ4n) is 2.95. The summed E-state index contributed by atoms with van der Waals surface area (Å²) in [5.41, 5.74) is 1.77. The van der Waals surface area contributed by atoms with Crippen LogP contribution in [0.2, 0.25) is 5.02 Å². The molecule has 0 saturated carbocycles. The van der Waals surface area contributed by atoms with Crippen molar-refractivity contribution in [1.29, 1.82) is 0 Å². The SMILES string of the molecule is CCC(CO)N1CCN(CC(=O)Nc2ccc(Cl)cc2C)CC1. The molecule has 0 aliphatic carbocycles. The lowest BCUT2D eigenvalue weighted by atomic mass is 10.1. The molecule has 1 amide bonds. The number of halogens is 1. The minimum Gasteiger partial charge on any atom is -0.395 e. The van der Waals surface area contributed by atoms with Gasteiger partial charge >= 0.3 is 0 Å². The zero-order chi connectivity index (χ0) is 16.8. The molecule has 128 valence electrons. The van der Waals surface area contributed by atoms with E-state index in [0.29, 0.717) is 11.6 Å². The molecule has 0 radical (unpaired) electrons. The largest absolute Gasteiger partial charge is 0.395 e. The van der Waals surface area contributed by atoms with Gasteiger partial charge in [-0.3, -0.25) is 14.6 Å². The van der Waals surface area contributed by atoms with Crippen molar-refractivity contribution in [2.24, 2.45) is 0 Å². The maximum atomic E-state index is 12.2. The molecule has 0 aromatic heterocycles. The normalized spacial score (nSPS) is 17.9. The van der Waals surface area contributed by atoms with Crippen molar-refractivity contribution in [3.05, 3.63) is 28.8 Å². The Morgan fingerprint density at radius 2 is 2.04 bits per heavy atom. The van der Waals surface area contributed by atoms with Gasteiger partial charge in [0, 0.05) is 42.9 Å². The van der Waals surface area contributed by atoms with Crippen LogP contribution in [0.3, 0.4) is 0 Å². The Morgan fingerprint density at radius 3 is 2.61 bits per heavy atom. The number of carbonyl (C=O) groups excluding carboxylic acids is 1. The lowest BCUT2D eigenvalue weighted by molar-refractivity contribution is -0.117. The van der Waals surface area contributed by atoms with E-state index in [1.54, 1.807) is 6.07 Å². The van der Waals surface area contributed by atoms with Crippen LogP contribution in [0.4, 0.5) is 5.69 Å². The number of anilines is 1. The average Bonchev–Trinajstić information content (AvgIpc) is 2.53. The van der Waals surface area contributed by atoms with E-state index in [0.717, 1.165) is 43.9 Å². The second-order valence-electron chi connectivity index (χ2n) is 6.06. The van der Waals surface area contributed by atoms with E-state index >= 15 is 0 Å². The van der Waals surface area contributed by atoms with Crippen molar-refractivity contribution in [2.75, 3.05) is 44.6 Å². The smallest absolute Gasteiger partial charge is 0.238 e. The van der Waals surface area contributed by atoms with Gasteiger partial charge in [0.15, 0.2) is 0 Å². The number of amides is 1. The van der Waals surface area contributed by atoms with Crippen LogP contribution in [-0.2, 0) is 4.79 Å². The first-order chi connectivity index (χ1) is 11.0. The van der Waals surface area contributed by atoms with Gasteiger partial charge < -0.3 is 10.4 Å². The molecule has 1 fully saturated rings. The molecule has 23 heavy (non-hydrogen) atoms. The van der Waals surface area contributed by atoms with Gasteiger partial charge in [0.1, 0.15) is 0 Å². The Labute approximate surface area is 143 Å². The van der Waals surface area contributed by atoms with E-state index in [1.807, 2.05) is 19.1 Å². The van der Waals surface area contributed by atoms with E-state index in [9.17, 15) is 9.90 Å². The average molecular weight is 340 g/mol. The number of rotatable bonds is 6. The first-order valence-electron chi connectivity index (χ1n) is 8.16. The van der Waals surface area contributed by atoms with Gasteiger partial charge in [-0.05, 0) is 37.1 Å². The van der Waals surface area contributed by atoms with Gasteiger partial charge in [-0.25, -0.2) is 0 Å². The molecule has 1 aromatic carbocycles. The Hall–Kier alpha value is -1.14. The predicted molar refractivity (Wildman–Crippen MR) is 94.0 cm³/mol. The van der Waals surface area contributed by atoms with Gasteiger partial charge in [0.2, 0.25) is 5.91 Å². The van der Waals surface area contributed by atoms with Gasteiger partial charge in [-0.15, -0.1) is 0 Å². The summed E-state index contributed by atoms with van der Waals surface area (Å²) >= 11 is 5.93. The summed E-state index contributed by atoms with van der Waals surface area (Å²) in [6, 6.07) is 5.70. The summed E-state index contributed by atoms with van der Waals surface area (Å²) in [4.78, 5) is 16.7. The van der Waals surface area contributed by atoms with Gasteiger partial charge in [0.25, 0.3) is 0 Å². The summed E-state index contributed by atoms with van der Waals surface area (Å²) in [5.74, 6) is -0.00179. The first kappa shape index (κ1) is 18.2. The third kappa shape index (κ3) is 5.18. The van der Waals surface area contributed by atoms with Crippen molar-refractivity contribution in [3.8, 4) is 0 Å². The van der Waals surface area contributed by atoms with E-state index in [2.05, 4.69) is 22.0 Å². The number of piperazine rings is 1. The number of aliphatic hydroxyl groups is 1. The fraction of sp³-hybridized carbons (Fsp3) is 0.588. The van der Waals surface area contributed by atoms with E-state index < -0.39 is 0 Å². The van der Waals surface area contributed by atoms with Crippen molar-refractivity contribution < 1.29 is 9.90 Å². The molecule has 1 heterocycles. The number of carbonyl (C=O) groups is 1. The van der Waals surface area contributed by atoms with Crippen LogP contribution in [0.1, 0.15) is 18.9 Å². The van der Waals surface area contributed by atoms with Gasteiger partial charge in [0.05, 0.1) is 13.2 Å².